The Morgan fingerprint density at radius 1 is 1.15 bits per heavy atom. The average molecular weight is 437 g/mol. The molecule has 27 heavy (non-hydrogen) atoms. The smallest absolute Gasteiger partial charge is 0.260 e. The molecule has 2 aromatic rings. The summed E-state index contributed by atoms with van der Waals surface area (Å²) >= 11 is 3.41. The first-order chi connectivity index (χ1) is 12.8. The van der Waals surface area contributed by atoms with E-state index in [1.807, 2.05) is 19.1 Å². The van der Waals surface area contributed by atoms with Gasteiger partial charge >= 0.3 is 0 Å². The molecule has 2 amide bonds. The van der Waals surface area contributed by atoms with Crippen molar-refractivity contribution in [2.24, 2.45) is 0 Å². The lowest BCUT2D eigenvalue weighted by Gasteiger charge is -2.16. The number of hydrogen-bond acceptors (Lipinski definition) is 3. The molecule has 0 fully saturated rings. The zero-order chi connectivity index (χ0) is 19.8. The lowest BCUT2D eigenvalue weighted by Crippen LogP contribution is -2.41. The van der Waals surface area contributed by atoms with Crippen molar-refractivity contribution >= 4 is 27.7 Å². The SMILES string of the molecule is Cc1ccc(OC(C)C(=O)NCCNC(=O)Cc2cccc(F)c2)c(Br)c1. The van der Waals surface area contributed by atoms with Gasteiger partial charge in [0.2, 0.25) is 5.91 Å². The molecule has 2 aromatic carbocycles. The van der Waals surface area contributed by atoms with Gasteiger partial charge in [-0.2, -0.15) is 0 Å². The van der Waals surface area contributed by atoms with Crippen molar-refractivity contribution in [1.82, 2.24) is 10.6 Å². The summed E-state index contributed by atoms with van der Waals surface area (Å²) in [5.74, 6) is -0.294. The van der Waals surface area contributed by atoms with Crippen molar-refractivity contribution in [3.05, 3.63) is 63.9 Å². The molecule has 0 aromatic heterocycles. The fourth-order valence-electron chi connectivity index (χ4n) is 2.37. The van der Waals surface area contributed by atoms with Gasteiger partial charge in [0.15, 0.2) is 6.10 Å². The molecule has 0 aliphatic carbocycles. The monoisotopic (exact) mass is 436 g/mol. The van der Waals surface area contributed by atoms with Gasteiger partial charge in [-0.1, -0.05) is 18.2 Å². The van der Waals surface area contributed by atoms with E-state index < -0.39 is 6.10 Å². The van der Waals surface area contributed by atoms with Crippen LogP contribution in [-0.2, 0) is 16.0 Å². The number of rotatable bonds is 8. The molecule has 0 radical (unpaired) electrons. The van der Waals surface area contributed by atoms with Crippen LogP contribution in [0.2, 0.25) is 0 Å². The van der Waals surface area contributed by atoms with E-state index in [0.29, 0.717) is 11.3 Å². The molecular weight excluding hydrogens is 415 g/mol. The second-order valence-corrected chi connectivity index (χ2v) is 7.00. The maximum atomic E-state index is 13.1. The molecule has 0 saturated carbocycles. The number of ether oxygens (including phenoxy) is 1. The third-order valence-electron chi connectivity index (χ3n) is 3.76. The summed E-state index contributed by atoms with van der Waals surface area (Å²) in [6, 6.07) is 11.5. The maximum Gasteiger partial charge on any atom is 0.260 e. The van der Waals surface area contributed by atoms with Gasteiger partial charge in [-0.15, -0.1) is 0 Å². The van der Waals surface area contributed by atoms with Crippen molar-refractivity contribution in [3.8, 4) is 5.75 Å². The van der Waals surface area contributed by atoms with Gasteiger partial charge in [0, 0.05) is 13.1 Å². The predicted octanol–water partition coefficient (Wildman–Crippen LogP) is 3.14. The number of benzene rings is 2. The molecule has 0 aliphatic rings. The van der Waals surface area contributed by atoms with Crippen LogP contribution >= 0.6 is 15.9 Å². The van der Waals surface area contributed by atoms with Gasteiger partial charge in [-0.3, -0.25) is 9.59 Å². The minimum absolute atomic E-state index is 0.0900. The van der Waals surface area contributed by atoms with E-state index in [2.05, 4.69) is 26.6 Å². The largest absolute Gasteiger partial charge is 0.480 e. The van der Waals surface area contributed by atoms with Crippen molar-refractivity contribution < 1.29 is 18.7 Å². The lowest BCUT2D eigenvalue weighted by atomic mass is 10.1. The Morgan fingerprint density at radius 2 is 1.89 bits per heavy atom. The van der Waals surface area contributed by atoms with Crippen LogP contribution in [0.5, 0.6) is 5.75 Å². The van der Waals surface area contributed by atoms with Gasteiger partial charge < -0.3 is 15.4 Å². The van der Waals surface area contributed by atoms with Crippen molar-refractivity contribution in [1.29, 1.82) is 0 Å². The molecule has 1 atom stereocenters. The second kappa shape index (κ2) is 10.1. The molecule has 5 nitrogen and oxygen atoms in total. The summed E-state index contributed by atoms with van der Waals surface area (Å²) in [6.45, 7) is 4.18. The molecule has 7 heteroatoms. The van der Waals surface area contributed by atoms with Crippen LogP contribution in [0.4, 0.5) is 4.39 Å². The Kier molecular flexibility index (Phi) is 7.79. The predicted molar refractivity (Wildman–Crippen MR) is 105 cm³/mol. The van der Waals surface area contributed by atoms with Crippen LogP contribution in [0.15, 0.2) is 46.9 Å². The number of halogens is 2. The average Bonchev–Trinajstić information content (AvgIpc) is 2.61. The van der Waals surface area contributed by atoms with E-state index in [1.165, 1.54) is 12.1 Å². The minimum atomic E-state index is -0.674. The molecule has 0 bridgehead atoms. The highest BCUT2D eigenvalue weighted by atomic mass is 79.9. The maximum absolute atomic E-state index is 13.1. The quantitative estimate of drug-likeness (QED) is 0.624. The number of nitrogens with one attached hydrogen (secondary N) is 2. The summed E-state index contributed by atoms with van der Waals surface area (Å²) in [6.07, 6.45) is -0.584. The molecule has 0 aliphatic heterocycles. The van der Waals surface area contributed by atoms with E-state index in [0.717, 1.165) is 10.0 Å². The normalized spacial score (nSPS) is 11.6. The minimum Gasteiger partial charge on any atom is -0.480 e. The van der Waals surface area contributed by atoms with Crippen molar-refractivity contribution in [2.75, 3.05) is 13.1 Å². The van der Waals surface area contributed by atoms with E-state index in [1.54, 1.807) is 25.1 Å². The standard InChI is InChI=1S/C20H22BrFN2O3/c1-13-6-7-18(17(21)10-13)27-14(2)20(26)24-9-8-23-19(25)12-15-4-3-5-16(22)11-15/h3-7,10-11,14H,8-9,12H2,1-2H3,(H,23,25)(H,24,26). The van der Waals surface area contributed by atoms with Crippen LogP contribution in [0, 0.1) is 12.7 Å². The lowest BCUT2D eigenvalue weighted by molar-refractivity contribution is -0.127. The summed E-state index contributed by atoms with van der Waals surface area (Å²) in [7, 11) is 0. The highest BCUT2D eigenvalue weighted by Crippen LogP contribution is 2.26. The van der Waals surface area contributed by atoms with Gasteiger partial charge in [-0.25, -0.2) is 4.39 Å². The fraction of sp³-hybridized carbons (Fsp3) is 0.300. The van der Waals surface area contributed by atoms with Crippen molar-refractivity contribution in [2.45, 2.75) is 26.4 Å². The Bertz CT molecular complexity index is 814. The molecule has 144 valence electrons. The van der Waals surface area contributed by atoms with Crippen LogP contribution in [0.1, 0.15) is 18.1 Å². The molecule has 2 N–H and O–H groups in total. The Balaban J connectivity index is 1.69. The topological polar surface area (TPSA) is 67.4 Å². The van der Waals surface area contributed by atoms with E-state index in [9.17, 15) is 14.0 Å². The first-order valence-electron chi connectivity index (χ1n) is 8.57. The molecule has 0 spiro atoms. The molecular formula is C20H22BrFN2O3. The number of amides is 2. The van der Waals surface area contributed by atoms with E-state index >= 15 is 0 Å². The van der Waals surface area contributed by atoms with Gasteiger partial charge in [0.1, 0.15) is 11.6 Å². The van der Waals surface area contributed by atoms with Gasteiger partial charge in [0.05, 0.1) is 10.9 Å². The summed E-state index contributed by atoms with van der Waals surface area (Å²) in [5.41, 5.74) is 1.68. The van der Waals surface area contributed by atoms with Crippen LogP contribution in [-0.4, -0.2) is 31.0 Å². The Morgan fingerprint density at radius 3 is 2.59 bits per heavy atom. The number of carbonyl (C=O) groups excluding carboxylic acids is 2. The highest BCUT2D eigenvalue weighted by Gasteiger charge is 2.15. The summed E-state index contributed by atoms with van der Waals surface area (Å²) in [5, 5.41) is 5.39. The molecule has 0 heterocycles. The van der Waals surface area contributed by atoms with Crippen LogP contribution in [0.25, 0.3) is 0 Å². The molecule has 2 rings (SSSR count). The third kappa shape index (κ3) is 7.02. The van der Waals surface area contributed by atoms with Crippen LogP contribution < -0.4 is 15.4 Å². The second-order valence-electron chi connectivity index (χ2n) is 6.14. The zero-order valence-electron chi connectivity index (χ0n) is 15.2. The van der Waals surface area contributed by atoms with Crippen LogP contribution in [0.3, 0.4) is 0 Å². The van der Waals surface area contributed by atoms with E-state index in [4.69, 9.17) is 4.74 Å². The first kappa shape index (κ1) is 20.9. The summed E-state index contributed by atoms with van der Waals surface area (Å²) in [4.78, 5) is 23.9. The van der Waals surface area contributed by atoms with E-state index in [-0.39, 0.29) is 37.1 Å². The van der Waals surface area contributed by atoms with Crippen molar-refractivity contribution in [3.63, 3.8) is 0 Å². The zero-order valence-corrected chi connectivity index (χ0v) is 16.8. The Hall–Kier alpha value is -2.41. The van der Waals surface area contributed by atoms with Gasteiger partial charge in [-0.05, 0) is 65.2 Å². The molecule has 1 unspecified atom stereocenters. The summed E-state index contributed by atoms with van der Waals surface area (Å²) < 4.78 is 19.5. The number of aryl methyl sites for hydroxylation is 1. The first-order valence-corrected chi connectivity index (χ1v) is 9.36. The number of hydrogen-bond donors (Lipinski definition) is 2. The molecule has 0 saturated heterocycles. The number of carbonyl (C=O) groups is 2. The van der Waals surface area contributed by atoms with Gasteiger partial charge in [0.25, 0.3) is 5.91 Å². The fourth-order valence-corrected chi connectivity index (χ4v) is 2.96. The Labute approximate surface area is 166 Å². The third-order valence-corrected chi connectivity index (χ3v) is 4.38. The highest BCUT2D eigenvalue weighted by molar-refractivity contribution is 9.10.